The van der Waals surface area contributed by atoms with Gasteiger partial charge in [-0.15, -0.1) is 0 Å². The van der Waals surface area contributed by atoms with Crippen molar-refractivity contribution < 1.29 is 4.42 Å². The van der Waals surface area contributed by atoms with Crippen molar-refractivity contribution in [2.24, 2.45) is 22.7 Å². The lowest BCUT2D eigenvalue weighted by atomic mass is 9.47. The second kappa shape index (κ2) is 5.19. The molecule has 0 aromatic carbocycles. The van der Waals surface area contributed by atoms with Gasteiger partial charge in [-0.2, -0.15) is 0 Å². The van der Waals surface area contributed by atoms with Gasteiger partial charge in [-0.05, 0) is 48.5 Å². The van der Waals surface area contributed by atoms with Crippen LogP contribution in [0.4, 0.5) is 0 Å². The molecule has 2 fully saturated rings. The van der Waals surface area contributed by atoms with Crippen molar-refractivity contribution in [3.05, 3.63) is 42.4 Å². The van der Waals surface area contributed by atoms with E-state index < -0.39 is 0 Å². The van der Waals surface area contributed by atoms with Crippen LogP contribution in [0.5, 0.6) is 0 Å². The molecule has 3 rings (SSSR count). The number of rotatable bonds is 2. The van der Waals surface area contributed by atoms with Gasteiger partial charge in [0.1, 0.15) is 0 Å². The van der Waals surface area contributed by atoms with Crippen LogP contribution in [-0.2, 0) is 0 Å². The third kappa shape index (κ3) is 2.52. The second-order valence-electron chi connectivity index (χ2n) is 7.99. The Bertz CT molecular complexity index is 534. The molecule has 0 aliphatic heterocycles. The van der Waals surface area contributed by atoms with Crippen LogP contribution < -0.4 is 0 Å². The molecule has 1 heterocycles. The molecule has 0 saturated heterocycles. The highest BCUT2D eigenvalue weighted by Gasteiger charge is 2.52. The Morgan fingerprint density at radius 1 is 1.29 bits per heavy atom. The summed E-state index contributed by atoms with van der Waals surface area (Å²) in [6, 6.07) is 2.02. The van der Waals surface area contributed by atoms with Gasteiger partial charge >= 0.3 is 0 Å². The fourth-order valence-corrected chi connectivity index (χ4v) is 5.14. The topological polar surface area (TPSA) is 13.1 Å². The van der Waals surface area contributed by atoms with Crippen LogP contribution >= 0.6 is 0 Å². The number of allylic oxidation sites excluding steroid dienone is 2. The maximum absolute atomic E-state index is 5.17. The highest BCUT2D eigenvalue weighted by molar-refractivity contribution is 5.48. The lowest BCUT2D eigenvalue weighted by Crippen LogP contribution is -2.48. The van der Waals surface area contributed by atoms with Gasteiger partial charge in [-0.3, -0.25) is 0 Å². The molecule has 3 atom stereocenters. The smallest absolute Gasteiger partial charge is 0.0974 e. The van der Waals surface area contributed by atoms with E-state index in [-0.39, 0.29) is 0 Å². The highest BCUT2D eigenvalue weighted by Crippen LogP contribution is 2.61. The van der Waals surface area contributed by atoms with E-state index in [1.807, 2.05) is 12.3 Å². The van der Waals surface area contributed by atoms with Gasteiger partial charge in [-0.25, -0.2) is 0 Å². The quantitative estimate of drug-likeness (QED) is 0.599. The summed E-state index contributed by atoms with van der Waals surface area (Å²) in [6.45, 7) is 11.9. The maximum atomic E-state index is 5.17. The van der Waals surface area contributed by atoms with Gasteiger partial charge in [0, 0.05) is 11.5 Å². The average Bonchev–Trinajstić information content (AvgIpc) is 2.90. The van der Waals surface area contributed by atoms with Crippen molar-refractivity contribution in [3.63, 3.8) is 0 Å². The predicted octanol–water partition coefficient (Wildman–Crippen LogP) is 6.09. The fourth-order valence-electron chi connectivity index (χ4n) is 5.14. The predicted molar refractivity (Wildman–Crippen MR) is 88.8 cm³/mol. The van der Waals surface area contributed by atoms with E-state index in [2.05, 4.69) is 39.5 Å². The first-order valence-electron chi connectivity index (χ1n) is 8.31. The molecule has 1 aromatic heterocycles. The molecule has 2 aliphatic rings. The third-order valence-electron chi connectivity index (χ3n) is 6.20. The highest BCUT2D eigenvalue weighted by atomic mass is 16.3. The van der Waals surface area contributed by atoms with E-state index >= 15 is 0 Å². The van der Waals surface area contributed by atoms with Crippen molar-refractivity contribution in [1.29, 1.82) is 0 Å². The van der Waals surface area contributed by atoms with Crippen molar-refractivity contribution in [2.45, 2.75) is 52.9 Å². The molecule has 0 unspecified atom stereocenters. The molecular formula is C20H28O. The zero-order chi connectivity index (χ0) is 15.1. The number of fused-ring (bicyclic) bond motifs is 1. The SMILES string of the molecule is C=C1CC[C@H]2C(C)(C)CCC[C@]2(C)[C@H]1C=Cc1ccoc1. The van der Waals surface area contributed by atoms with Crippen molar-refractivity contribution in [2.75, 3.05) is 0 Å². The third-order valence-corrected chi connectivity index (χ3v) is 6.20. The van der Waals surface area contributed by atoms with Gasteiger partial charge in [0.15, 0.2) is 0 Å². The zero-order valence-corrected chi connectivity index (χ0v) is 13.7. The summed E-state index contributed by atoms with van der Waals surface area (Å²) in [5.74, 6) is 1.31. The van der Waals surface area contributed by atoms with E-state index in [1.165, 1.54) is 37.7 Å². The number of hydrogen-bond acceptors (Lipinski definition) is 1. The van der Waals surface area contributed by atoms with Crippen LogP contribution in [0.25, 0.3) is 6.08 Å². The normalized spacial score (nSPS) is 35.9. The van der Waals surface area contributed by atoms with E-state index in [4.69, 9.17) is 4.42 Å². The number of hydrogen-bond donors (Lipinski definition) is 0. The Balaban J connectivity index is 1.91. The minimum atomic E-state index is 0.372. The summed E-state index contributed by atoms with van der Waals surface area (Å²) in [5, 5.41) is 0. The summed E-state index contributed by atoms with van der Waals surface area (Å²) in [7, 11) is 0. The van der Waals surface area contributed by atoms with Crippen LogP contribution in [0.3, 0.4) is 0 Å². The molecule has 0 amide bonds. The molecule has 1 aromatic rings. The summed E-state index contributed by atoms with van der Waals surface area (Å²) < 4.78 is 5.17. The largest absolute Gasteiger partial charge is 0.472 e. The minimum Gasteiger partial charge on any atom is -0.472 e. The van der Waals surface area contributed by atoms with Crippen molar-refractivity contribution in [1.82, 2.24) is 0 Å². The summed E-state index contributed by atoms with van der Waals surface area (Å²) in [4.78, 5) is 0. The Hall–Kier alpha value is -1.24. The van der Waals surface area contributed by atoms with E-state index in [0.717, 1.165) is 11.5 Å². The first-order chi connectivity index (χ1) is 9.93. The first-order valence-corrected chi connectivity index (χ1v) is 8.31. The summed E-state index contributed by atoms with van der Waals surface area (Å²) in [5.41, 5.74) is 3.42. The van der Waals surface area contributed by atoms with Gasteiger partial charge in [0.2, 0.25) is 0 Å². The van der Waals surface area contributed by atoms with Crippen LogP contribution in [0.15, 0.2) is 41.2 Å². The van der Waals surface area contributed by atoms with E-state index in [1.54, 1.807) is 6.26 Å². The first kappa shape index (κ1) is 14.7. The van der Waals surface area contributed by atoms with Gasteiger partial charge in [0.05, 0.1) is 12.5 Å². The van der Waals surface area contributed by atoms with Gasteiger partial charge in [0.25, 0.3) is 0 Å². The minimum absolute atomic E-state index is 0.372. The molecule has 2 saturated carbocycles. The summed E-state index contributed by atoms with van der Waals surface area (Å²) >= 11 is 0. The molecule has 0 N–H and O–H groups in total. The molecule has 0 spiro atoms. The number of furan rings is 1. The molecule has 0 bridgehead atoms. The molecule has 114 valence electrons. The molecular weight excluding hydrogens is 256 g/mol. The lowest BCUT2D eigenvalue weighted by molar-refractivity contribution is -0.0389. The Kier molecular flexibility index (Phi) is 3.63. The molecule has 1 heteroatoms. The van der Waals surface area contributed by atoms with Gasteiger partial charge < -0.3 is 4.42 Å². The molecule has 2 aliphatic carbocycles. The molecule has 1 nitrogen and oxygen atoms in total. The van der Waals surface area contributed by atoms with Crippen LogP contribution in [-0.4, -0.2) is 0 Å². The maximum Gasteiger partial charge on any atom is 0.0974 e. The standard InChI is InChI=1S/C20H28O/c1-15-6-9-18-19(2,3)11-5-12-20(18,4)17(15)8-7-16-10-13-21-14-16/h7-8,10,13-14,17-18H,1,5-6,9,11-12H2,2-4H3/t17-,18-,20+/m0/s1. The summed E-state index contributed by atoms with van der Waals surface area (Å²) in [6.07, 6.45) is 14.7. The van der Waals surface area contributed by atoms with Crippen LogP contribution in [0, 0.1) is 22.7 Å². The zero-order valence-electron chi connectivity index (χ0n) is 13.7. The Morgan fingerprint density at radius 3 is 2.81 bits per heavy atom. The lowest BCUT2D eigenvalue weighted by Gasteiger charge is -2.57. The van der Waals surface area contributed by atoms with Crippen molar-refractivity contribution >= 4 is 6.08 Å². The van der Waals surface area contributed by atoms with Gasteiger partial charge in [-0.1, -0.05) is 51.5 Å². The van der Waals surface area contributed by atoms with Crippen LogP contribution in [0.2, 0.25) is 0 Å². The van der Waals surface area contributed by atoms with E-state index in [0.29, 0.717) is 16.7 Å². The average molecular weight is 284 g/mol. The van der Waals surface area contributed by atoms with Crippen LogP contribution in [0.1, 0.15) is 58.4 Å². The van der Waals surface area contributed by atoms with E-state index in [9.17, 15) is 0 Å². The Morgan fingerprint density at radius 2 is 2.10 bits per heavy atom. The Labute approximate surface area is 129 Å². The fraction of sp³-hybridized carbons (Fsp3) is 0.600. The monoisotopic (exact) mass is 284 g/mol. The molecule has 0 radical (unpaired) electrons. The van der Waals surface area contributed by atoms with Crippen molar-refractivity contribution in [3.8, 4) is 0 Å². The molecule has 21 heavy (non-hydrogen) atoms. The second-order valence-corrected chi connectivity index (χ2v) is 7.99.